The Morgan fingerprint density at radius 1 is 0.929 bits per heavy atom. The van der Waals surface area contributed by atoms with E-state index >= 15 is 0 Å². The molecule has 0 N–H and O–H groups in total. The number of hydrogen-bond donors (Lipinski definition) is 0. The van der Waals surface area contributed by atoms with Crippen molar-refractivity contribution in [3.63, 3.8) is 0 Å². The highest BCUT2D eigenvalue weighted by Gasteiger charge is 2.34. The van der Waals surface area contributed by atoms with Gasteiger partial charge in [-0.1, -0.05) is 66.7 Å². The first-order valence-corrected chi connectivity index (χ1v) is 9.37. The number of Topliss-reactive ketones (excluding diaryl/α,β-unsaturated/α-hetero) is 1. The van der Waals surface area contributed by atoms with E-state index in [2.05, 4.69) is 0 Å². The number of carbonyl (C=O) groups is 1. The van der Waals surface area contributed by atoms with E-state index in [0.717, 1.165) is 28.9 Å². The lowest BCUT2D eigenvalue weighted by Gasteiger charge is -2.19. The lowest BCUT2D eigenvalue weighted by molar-refractivity contribution is 0.102. The molecule has 0 aliphatic heterocycles. The zero-order valence-corrected chi connectivity index (χ0v) is 15.6. The number of carbonyl (C=O) groups excluding carboxylic acids is 1. The van der Waals surface area contributed by atoms with Gasteiger partial charge in [0.1, 0.15) is 11.6 Å². The van der Waals surface area contributed by atoms with Gasteiger partial charge >= 0.3 is 0 Å². The Bertz CT molecular complexity index is 1010. The number of benzene rings is 3. The van der Waals surface area contributed by atoms with Gasteiger partial charge in [-0.3, -0.25) is 4.79 Å². The van der Waals surface area contributed by atoms with Crippen molar-refractivity contribution in [3.8, 4) is 5.75 Å². The van der Waals surface area contributed by atoms with E-state index in [0.29, 0.717) is 5.56 Å². The number of rotatable bonds is 5. The van der Waals surface area contributed by atoms with Crippen LogP contribution in [0.2, 0.25) is 0 Å². The molecule has 0 radical (unpaired) electrons. The molecule has 0 heterocycles. The molecule has 0 saturated heterocycles. The largest absolute Gasteiger partial charge is 0.496 e. The van der Waals surface area contributed by atoms with Crippen LogP contribution in [0.15, 0.2) is 90.5 Å². The minimum absolute atomic E-state index is 0.0288. The van der Waals surface area contributed by atoms with Crippen LogP contribution in [0.25, 0.3) is 0 Å². The zero-order chi connectivity index (χ0) is 19.5. The third-order valence-corrected chi connectivity index (χ3v) is 5.36. The first-order chi connectivity index (χ1) is 13.7. The molecule has 3 heteroatoms. The van der Waals surface area contributed by atoms with E-state index in [1.807, 2.05) is 60.7 Å². The van der Waals surface area contributed by atoms with Gasteiger partial charge in [0.2, 0.25) is 0 Å². The Labute approximate surface area is 164 Å². The van der Waals surface area contributed by atoms with Gasteiger partial charge in [-0.05, 0) is 30.2 Å². The average molecular weight is 372 g/mol. The van der Waals surface area contributed by atoms with Gasteiger partial charge in [0, 0.05) is 28.5 Å². The molecule has 4 rings (SSSR count). The first kappa shape index (κ1) is 18.2. The maximum Gasteiger partial charge on any atom is 0.189 e. The van der Waals surface area contributed by atoms with Crippen molar-refractivity contribution in [2.75, 3.05) is 7.11 Å². The summed E-state index contributed by atoms with van der Waals surface area (Å²) in [6.07, 6.45) is 2.79. The van der Waals surface area contributed by atoms with E-state index in [1.54, 1.807) is 19.2 Å². The van der Waals surface area contributed by atoms with Crippen LogP contribution < -0.4 is 4.74 Å². The van der Waals surface area contributed by atoms with Crippen LogP contribution in [0.1, 0.15) is 39.7 Å². The monoisotopic (exact) mass is 372 g/mol. The van der Waals surface area contributed by atoms with Crippen LogP contribution in [-0.2, 0) is 0 Å². The summed E-state index contributed by atoms with van der Waals surface area (Å²) >= 11 is 0. The molecule has 2 atom stereocenters. The summed E-state index contributed by atoms with van der Waals surface area (Å²) in [5, 5.41) is 0. The van der Waals surface area contributed by atoms with Crippen molar-refractivity contribution >= 4 is 5.78 Å². The molecule has 1 aliphatic rings. The molecule has 1 aliphatic carbocycles. The number of para-hydroxylation sites is 1. The van der Waals surface area contributed by atoms with Crippen molar-refractivity contribution in [3.05, 3.63) is 113 Å². The van der Waals surface area contributed by atoms with E-state index < -0.39 is 0 Å². The summed E-state index contributed by atoms with van der Waals surface area (Å²) in [6.45, 7) is 0. The third kappa shape index (κ3) is 3.48. The zero-order valence-electron chi connectivity index (χ0n) is 15.6. The normalized spacial score (nSPS) is 18.6. The van der Waals surface area contributed by atoms with Crippen molar-refractivity contribution in [2.24, 2.45) is 0 Å². The predicted octanol–water partition coefficient (Wildman–Crippen LogP) is 5.91. The molecule has 2 unspecified atom stereocenters. The number of ketones is 1. The van der Waals surface area contributed by atoms with Gasteiger partial charge in [0.05, 0.1) is 7.11 Å². The summed E-state index contributed by atoms with van der Waals surface area (Å²) in [5.74, 6) is 0.532. The Hall–Kier alpha value is -3.20. The Kier molecular flexibility index (Phi) is 5.07. The van der Waals surface area contributed by atoms with E-state index in [1.165, 1.54) is 12.1 Å². The fraction of sp³-hybridized carbons (Fsp3) is 0.160. The Morgan fingerprint density at radius 2 is 1.61 bits per heavy atom. The van der Waals surface area contributed by atoms with Gasteiger partial charge in [-0.2, -0.15) is 0 Å². The van der Waals surface area contributed by atoms with Crippen LogP contribution >= 0.6 is 0 Å². The summed E-state index contributed by atoms with van der Waals surface area (Å²) < 4.78 is 18.9. The minimum atomic E-state index is -0.257. The van der Waals surface area contributed by atoms with Crippen molar-refractivity contribution in [2.45, 2.75) is 18.3 Å². The van der Waals surface area contributed by atoms with Gasteiger partial charge in [-0.25, -0.2) is 4.39 Å². The quantitative estimate of drug-likeness (QED) is 0.520. The summed E-state index contributed by atoms with van der Waals surface area (Å²) in [7, 11) is 1.65. The van der Waals surface area contributed by atoms with E-state index in [-0.39, 0.29) is 23.4 Å². The van der Waals surface area contributed by atoms with Crippen molar-refractivity contribution in [1.82, 2.24) is 0 Å². The molecule has 3 aromatic rings. The molecule has 0 amide bonds. The number of halogens is 1. The number of ether oxygens (including phenoxy) is 1. The summed E-state index contributed by atoms with van der Waals surface area (Å²) in [6, 6.07) is 23.7. The topological polar surface area (TPSA) is 26.3 Å². The highest BCUT2D eigenvalue weighted by atomic mass is 19.1. The molecule has 0 bridgehead atoms. The molecule has 0 saturated carbocycles. The highest BCUT2D eigenvalue weighted by molar-refractivity contribution is 6.10. The molecule has 140 valence electrons. The van der Waals surface area contributed by atoms with E-state index in [4.69, 9.17) is 4.74 Å². The van der Waals surface area contributed by atoms with E-state index in [9.17, 15) is 9.18 Å². The van der Waals surface area contributed by atoms with Gasteiger partial charge < -0.3 is 4.74 Å². The summed E-state index contributed by atoms with van der Waals surface area (Å²) in [5.41, 5.74) is 3.46. The lowest BCUT2D eigenvalue weighted by atomic mass is 9.86. The number of methoxy groups -OCH3 is 1. The predicted molar refractivity (Wildman–Crippen MR) is 108 cm³/mol. The average Bonchev–Trinajstić information content (AvgIpc) is 3.19. The molecule has 0 aromatic heterocycles. The maximum atomic E-state index is 13.4. The fourth-order valence-corrected chi connectivity index (χ4v) is 3.96. The fourth-order valence-electron chi connectivity index (χ4n) is 3.96. The molecule has 2 nitrogen and oxygen atoms in total. The Morgan fingerprint density at radius 3 is 2.32 bits per heavy atom. The maximum absolute atomic E-state index is 13.4. The standard InChI is InChI=1S/C25H21FO2/c1-28-24-10-6-5-9-21(24)22-15-19(17-11-13-20(26)14-12-17)16-23(22)25(27)18-7-3-2-4-8-18/h2-14,16,19,22H,15H2,1H3. The molecule has 28 heavy (non-hydrogen) atoms. The van der Waals surface area contributed by atoms with Crippen molar-refractivity contribution < 1.29 is 13.9 Å². The second-order valence-corrected chi connectivity index (χ2v) is 7.01. The van der Waals surface area contributed by atoms with Crippen LogP contribution in [0.4, 0.5) is 4.39 Å². The number of hydrogen-bond acceptors (Lipinski definition) is 2. The smallest absolute Gasteiger partial charge is 0.189 e. The van der Waals surface area contributed by atoms with Gasteiger partial charge in [0.25, 0.3) is 0 Å². The SMILES string of the molecule is COc1ccccc1C1CC(c2ccc(F)cc2)C=C1C(=O)c1ccccc1. The Balaban J connectivity index is 1.77. The molecule has 3 aromatic carbocycles. The van der Waals surface area contributed by atoms with Gasteiger partial charge in [0.15, 0.2) is 5.78 Å². The van der Waals surface area contributed by atoms with Gasteiger partial charge in [-0.15, -0.1) is 0 Å². The third-order valence-electron chi connectivity index (χ3n) is 5.36. The molecule has 0 fully saturated rings. The first-order valence-electron chi connectivity index (χ1n) is 9.37. The van der Waals surface area contributed by atoms with Crippen LogP contribution in [-0.4, -0.2) is 12.9 Å². The molecular formula is C25H21FO2. The number of allylic oxidation sites excluding steroid dienone is 2. The minimum Gasteiger partial charge on any atom is -0.496 e. The van der Waals surface area contributed by atoms with Crippen LogP contribution in [0.3, 0.4) is 0 Å². The second-order valence-electron chi connectivity index (χ2n) is 7.01. The van der Waals surface area contributed by atoms with Crippen molar-refractivity contribution in [1.29, 1.82) is 0 Å². The highest BCUT2D eigenvalue weighted by Crippen LogP contribution is 2.46. The molecular weight excluding hydrogens is 351 g/mol. The van der Waals surface area contributed by atoms with Crippen LogP contribution in [0.5, 0.6) is 5.75 Å². The summed E-state index contributed by atoms with van der Waals surface area (Å²) in [4.78, 5) is 13.3. The second kappa shape index (κ2) is 7.81. The van der Waals surface area contributed by atoms with Crippen LogP contribution in [0, 0.1) is 5.82 Å². The lowest BCUT2D eigenvalue weighted by Crippen LogP contribution is -2.10. The molecule has 0 spiro atoms.